The maximum atomic E-state index is 13.8. The Morgan fingerprint density at radius 3 is 1.21 bits per heavy atom. The summed E-state index contributed by atoms with van der Waals surface area (Å²) in [6, 6.07) is -1.32. The molecular weight excluding hydrogens is 551 g/mol. The van der Waals surface area contributed by atoms with E-state index in [1.54, 1.807) is 0 Å². The van der Waals surface area contributed by atoms with Crippen LogP contribution < -0.4 is 0 Å². The first-order valence-corrected chi connectivity index (χ1v) is 11.6. The van der Waals surface area contributed by atoms with Crippen molar-refractivity contribution in [3.8, 4) is 0 Å². The molecule has 1 radical (unpaired) electrons. The Kier molecular flexibility index (Phi) is 8.83. The maximum absolute atomic E-state index is 13.8. The van der Waals surface area contributed by atoms with Crippen LogP contribution in [0.1, 0.15) is 6.42 Å². The van der Waals surface area contributed by atoms with Crippen molar-refractivity contribution in [2.45, 2.75) is 73.2 Å². The van der Waals surface area contributed by atoms with E-state index in [0.29, 0.717) is 0 Å². The highest BCUT2D eigenvalue weighted by Gasteiger charge is 2.95. The van der Waals surface area contributed by atoms with Gasteiger partial charge in [-0.15, -0.1) is 0 Å². The first-order valence-electron chi connectivity index (χ1n) is 8.45. The average molecular weight is 565 g/mol. The second kappa shape index (κ2) is 9.11. The fourth-order valence-corrected chi connectivity index (χ4v) is 3.90. The average Bonchev–Trinajstić information content (AvgIpc) is 2.63. The molecule has 34 heavy (non-hydrogen) atoms. The van der Waals surface area contributed by atoms with Crippen LogP contribution in [0.5, 0.6) is 0 Å². The largest absolute Gasteiger partial charge is 0.460 e. The molecule has 0 aromatic carbocycles. The number of hydrogen-bond donors (Lipinski definition) is 0. The molecule has 0 spiro atoms. The highest BCUT2D eigenvalue weighted by Crippen LogP contribution is 2.64. The van der Waals surface area contributed by atoms with Crippen molar-refractivity contribution >= 4 is 8.32 Å². The minimum atomic E-state index is -8.63. The lowest BCUT2D eigenvalue weighted by atomic mass is 9.88. The van der Waals surface area contributed by atoms with Gasteiger partial charge in [-0.1, -0.05) is 0 Å². The monoisotopic (exact) mass is 565 g/mol. The molecule has 2 nitrogen and oxygen atoms in total. The molecule has 0 saturated carbocycles. The third kappa shape index (κ3) is 5.08. The zero-order valence-corrected chi connectivity index (χ0v) is 17.6. The summed E-state index contributed by atoms with van der Waals surface area (Å²) in [5.74, 6) is -56.3. The summed E-state index contributed by atoms with van der Waals surface area (Å²) in [5.41, 5.74) is 0. The van der Waals surface area contributed by atoms with E-state index in [9.17, 15) is 79.7 Å². The van der Waals surface area contributed by atoms with Crippen LogP contribution in [-0.2, 0) is 9.53 Å². The minimum absolute atomic E-state index is 0.690. The quantitative estimate of drug-likeness (QED) is 0.185. The van der Waals surface area contributed by atoms with Gasteiger partial charge in [0.25, 0.3) is 0 Å². The molecule has 0 aromatic heterocycles. The van der Waals surface area contributed by atoms with Crippen LogP contribution in [-0.4, -0.2) is 69.2 Å². The van der Waals surface area contributed by atoms with Crippen LogP contribution in [0, 0.1) is 0 Å². The lowest BCUT2D eigenvalue weighted by molar-refractivity contribution is -0.461. The molecular formula is C14H14F17O2Si. The van der Waals surface area contributed by atoms with Crippen molar-refractivity contribution in [3.05, 3.63) is 0 Å². The van der Waals surface area contributed by atoms with Crippen LogP contribution in [0.25, 0.3) is 0 Å². The fraction of sp³-hybridized carbons (Fsp3) is 1.00. The van der Waals surface area contributed by atoms with Gasteiger partial charge in [0.15, 0.2) is 8.32 Å². The predicted octanol–water partition coefficient (Wildman–Crippen LogP) is 7.04. The normalized spacial score (nSPS) is 16.2. The van der Waals surface area contributed by atoms with Crippen LogP contribution in [0.4, 0.5) is 74.6 Å². The van der Waals surface area contributed by atoms with Crippen LogP contribution in [0.15, 0.2) is 0 Å². The van der Waals surface area contributed by atoms with Gasteiger partial charge in [0, 0.05) is 6.42 Å². The van der Waals surface area contributed by atoms with Gasteiger partial charge in [-0.3, -0.25) is 0 Å². The Morgan fingerprint density at radius 1 is 0.559 bits per heavy atom. The van der Waals surface area contributed by atoms with Crippen molar-refractivity contribution in [1.29, 1.82) is 0 Å². The van der Waals surface area contributed by atoms with Gasteiger partial charge < -0.3 is 4.43 Å². The maximum Gasteiger partial charge on any atom is 0.460 e. The molecule has 20 heteroatoms. The number of rotatable bonds is 12. The Bertz CT molecular complexity index is 701. The summed E-state index contributed by atoms with van der Waals surface area (Å²) in [4.78, 5) is 0. The van der Waals surface area contributed by atoms with E-state index in [1.165, 1.54) is 0 Å². The Labute approximate surface area is 180 Å². The number of halogens is 17. The van der Waals surface area contributed by atoms with Crippen LogP contribution in [0.3, 0.4) is 0 Å². The third-order valence-electron chi connectivity index (χ3n) is 4.40. The standard InChI is InChI=1S/C14H14F17O2Si/c1-34(2,33-5-4-32)6-3-7(15,16)8(17,18)9(19,20)10(21,22)11(23,24)12(25,26)13(27,28)14(29,30)31/h3-6H2,1-2H3. The van der Waals surface area contributed by atoms with E-state index in [0.717, 1.165) is 13.1 Å². The van der Waals surface area contributed by atoms with Gasteiger partial charge in [0.05, 0.1) is 6.61 Å². The Morgan fingerprint density at radius 2 is 0.882 bits per heavy atom. The van der Waals surface area contributed by atoms with Crippen molar-refractivity contribution in [2.24, 2.45) is 0 Å². The lowest BCUT2D eigenvalue weighted by Crippen LogP contribution is -2.74. The SMILES string of the molecule is C[Si](C)(CCC(F)(F)C(F)(F)C(F)(F)C(F)(F)C(F)(F)C(F)(F)C(F)(F)C(F)(F)F)OCC[O]. The Balaban J connectivity index is 6.40. The van der Waals surface area contributed by atoms with Crippen LogP contribution in [0.2, 0.25) is 19.1 Å². The highest BCUT2D eigenvalue weighted by atomic mass is 28.4. The van der Waals surface area contributed by atoms with E-state index >= 15 is 0 Å². The van der Waals surface area contributed by atoms with Crippen molar-refractivity contribution < 1.29 is 84.2 Å². The first kappa shape index (κ1) is 32.9. The van der Waals surface area contributed by atoms with Gasteiger partial charge in [-0.25, -0.2) is 5.11 Å². The van der Waals surface area contributed by atoms with Gasteiger partial charge in [0.1, 0.15) is 6.61 Å². The van der Waals surface area contributed by atoms with Crippen molar-refractivity contribution in [2.75, 3.05) is 13.2 Å². The molecule has 0 atom stereocenters. The van der Waals surface area contributed by atoms with E-state index in [2.05, 4.69) is 0 Å². The minimum Gasteiger partial charge on any atom is -0.415 e. The molecule has 0 N–H and O–H groups in total. The second-order valence-electron chi connectivity index (χ2n) is 7.46. The van der Waals surface area contributed by atoms with E-state index < -0.39 is 81.6 Å². The molecule has 0 aliphatic carbocycles. The van der Waals surface area contributed by atoms with Gasteiger partial charge in [-0.05, 0) is 19.1 Å². The smallest absolute Gasteiger partial charge is 0.415 e. The predicted molar refractivity (Wildman–Crippen MR) is 79.1 cm³/mol. The molecule has 205 valence electrons. The van der Waals surface area contributed by atoms with Gasteiger partial charge in [-0.2, -0.15) is 74.6 Å². The highest BCUT2D eigenvalue weighted by molar-refractivity contribution is 6.71. The molecule has 0 fully saturated rings. The molecule has 0 aliphatic rings. The van der Waals surface area contributed by atoms with Gasteiger partial charge in [0.2, 0.25) is 0 Å². The first-order chi connectivity index (χ1) is 14.5. The summed E-state index contributed by atoms with van der Waals surface area (Å²) >= 11 is 0. The number of hydrogen-bond acceptors (Lipinski definition) is 1. The third-order valence-corrected chi connectivity index (χ3v) is 6.84. The van der Waals surface area contributed by atoms with E-state index in [1.807, 2.05) is 0 Å². The van der Waals surface area contributed by atoms with Gasteiger partial charge >= 0.3 is 47.6 Å². The van der Waals surface area contributed by atoms with Crippen LogP contribution >= 0.6 is 0 Å². The zero-order valence-electron chi connectivity index (χ0n) is 16.6. The molecule has 0 aliphatic heterocycles. The number of alkyl halides is 17. The summed E-state index contributed by atoms with van der Waals surface area (Å²) in [5, 5.41) is 10.3. The topological polar surface area (TPSA) is 29.1 Å². The Hall–Kier alpha value is -1.05. The fourth-order valence-electron chi connectivity index (χ4n) is 2.20. The molecule has 0 heterocycles. The summed E-state index contributed by atoms with van der Waals surface area (Å²) < 4.78 is 228. The lowest BCUT2D eigenvalue weighted by Gasteiger charge is -2.43. The molecule has 0 amide bonds. The summed E-state index contributed by atoms with van der Waals surface area (Å²) in [6.45, 7) is 0.207. The second-order valence-corrected chi connectivity index (χ2v) is 11.8. The molecule has 0 unspecified atom stereocenters. The zero-order chi connectivity index (χ0) is 28.0. The molecule has 0 saturated heterocycles. The molecule has 0 rings (SSSR count). The van der Waals surface area contributed by atoms with E-state index in [4.69, 9.17) is 4.43 Å². The summed E-state index contributed by atoms with van der Waals surface area (Å²) in [6.07, 6.45) is -10.3. The summed E-state index contributed by atoms with van der Waals surface area (Å²) in [7, 11) is -3.57. The molecule has 0 bridgehead atoms. The van der Waals surface area contributed by atoms with Crippen molar-refractivity contribution in [3.63, 3.8) is 0 Å². The van der Waals surface area contributed by atoms with Crippen molar-refractivity contribution in [1.82, 2.24) is 0 Å². The molecule has 0 aromatic rings. The van der Waals surface area contributed by atoms with E-state index in [-0.39, 0.29) is 0 Å².